The molecule has 1 N–H and O–H groups in total. The summed E-state index contributed by atoms with van der Waals surface area (Å²) in [6.45, 7) is -0.145. The molecule has 212 valence electrons. The standard InChI is InChI=1S/C30H26N6O6/c37-17-18-42-25-14-8-7-13-23(25)26-22-15-16-31-27(38)33(20-9-3-1-4-10-20)29(40)35(31)24(22)19-32-28(39)34(30(41)36(26)32)21-11-5-2-6-12-21/h1-15,24,26,37H,16-19H2. The largest absolute Gasteiger partial charge is 0.491 e. The van der Waals surface area contributed by atoms with Crippen LogP contribution in [0.5, 0.6) is 5.75 Å². The molecule has 0 spiro atoms. The fraction of sp³-hybridized carbons (Fsp3) is 0.200. The number of hydrogen-bond acceptors (Lipinski definition) is 6. The Morgan fingerprint density at radius 3 is 1.90 bits per heavy atom. The molecular weight excluding hydrogens is 540 g/mol. The van der Waals surface area contributed by atoms with Crippen LogP contribution in [0.3, 0.4) is 0 Å². The summed E-state index contributed by atoms with van der Waals surface area (Å²) >= 11 is 0. The summed E-state index contributed by atoms with van der Waals surface area (Å²) in [6, 6.07) is 22.8. The minimum absolute atomic E-state index is 0.0257. The molecule has 2 aliphatic rings. The van der Waals surface area contributed by atoms with Gasteiger partial charge in [0.15, 0.2) is 0 Å². The first kappa shape index (κ1) is 25.6. The van der Waals surface area contributed by atoms with Gasteiger partial charge in [0.05, 0.1) is 37.1 Å². The first-order chi connectivity index (χ1) is 20.5. The molecule has 0 radical (unpaired) electrons. The number of rotatable bonds is 6. The number of aliphatic hydroxyl groups is 1. The molecule has 0 saturated heterocycles. The van der Waals surface area contributed by atoms with Crippen molar-refractivity contribution in [2.24, 2.45) is 0 Å². The SMILES string of the molecule is O=c1n(-c2ccccc2)c(=O)n2n1CC=C1C2Cn2c(=O)n(-c3ccccc3)c(=O)n2C1c1ccccc1OCCO. The van der Waals surface area contributed by atoms with E-state index in [4.69, 9.17) is 4.74 Å². The highest BCUT2D eigenvalue weighted by atomic mass is 16.5. The van der Waals surface area contributed by atoms with Crippen molar-refractivity contribution in [1.82, 2.24) is 27.9 Å². The van der Waals surface area contributed by atoms with Gasteiger partial charge in [-0.25, -0.2) is 47.0 Å². The smallest absolute Gasteiger partial charge is 0.352 e. The van der Waals surface area contributed by atoms with Crippen LogP contribution in [0, 0.1) is 0 Å². The molecule has 42 heavy (non-hydrogen) atoms. The van der Waals surface area contributed by atoms with Crippen molar-refractivity contribution in [3.05, 3.63) is 144 Å². The highest BCUT2D eigenvalue weighted by Gasteiger charge is 2.42. The normalized spacial score (nSPS) is 17.2. The van der Waals surface area contributed by atoms with Gasteiger partial charge in [0.1, 0.15) is 18.4 Å². The van der Waals surface area contributed by atoms with Crippen molar-refractivity contribution >= 4 is 0 Å². The second-order valence-electron chi connectivity index (χ2n) is 10.1. The predicted octanol–water partition coefficient (Wildman–Crippen LogP) is 1.07. The van der Waals surface area contributed by atoms with E-state index in [1.54, 1.807) is 84.9 Å². The Labute approximate surface area is 237 Å². The van der Waals surface area contributed by atoms with Crippen molar-refractivity contribution in [1.29, 1.82) is 0 Å². The summed E-state index contributed by atoms with van der Waals surface area (Å²) < 4.78 is 13.5. The third kappa shape index (κ3) is 3.72. The number of benzene rings is 3. The first-order valence-corrected chi connectivity index (χ1v) is 13.5. The van der Waals surface area contributed by atoms with Crippen LogP contribution in [-0.2, 0) is 13.1 Å². The van der Waals surface area contributed by atoms with Crippen LogP contribution in [0.25, 0.3) is 11.4 Å². The van der Waals surface area contributed by atoms with E-state index in [0.29, 0.717) is 28.3 Å². The highest BCUT2D eigenvalue weighted by Crippen LogP contribution is 2.41. The summed E-state index contributed by atoms with van der Waals surface area (Å²) in [5.41, 5.74) is -0.0687. The lowest BCUT2D eigenvalue weighted by Gasteiger charge is -2.38. The van der Waals surface area contributed by atoms with Crippen molar-refractivity contribution < 1.29 is 9.84 Å². The lowest BCUT2D eigenvalue weighted by atomic mass is 9.90. The quantitative estimate of drug-likeness (QED) is 0.307. The monoisotopic (exact) mass is 566 g/mol. The summed E-state index contributed by atoms with van der Waals surface area (Å²) in [5, 5.41) is 9.43. The van der Waals surface area contributed by atoms with E-state index >= 15 is 0 Å². The topological polar surface area (TPSA) is 127 Å². The number of aromatic nitrogens is 6. The van der Waals surface area contributed by atoms with E-state index in [0.717, 1.165) is 9.13 Å². The van der Waals surface area contributed by atoms with Crippen LogP contribution in [-0.4, -0.2) is 46.2 Å². The Morgan fingerprint density at radius 2 is 1.26 bits per heavy atom. The molecule has 2 unspecified atom stereocenters. The minimum Gasteiger partial charge on any atom is -0.491 e. The van der Waals surface area contributed by atoms with Crippen LogP contribution in [0.1, 0.15) is 17.6 Å². The molecule has 4 heterocycles. The van der Waals surface area contributed by atoms with Gasteiger partial charge in [-0.3, -0.25) is 0 Å². The fourth-order valence-corrected chi connectivity index (χ4v) is 6.03. The maximum atomic E-state index is 14.0. The molecule has 2 aromatic heterocycles. The van der Waals surface area contributed by atoms with Gasteiger partial charge < -0.3 is 9.84 Å². The number of allylic oxidation sites excluding steroid dienone is 2. The summed E-state index contributed by atoms with van der Waals surface area (Å²) in [6.07, 6.45) is 1.84. The van der Waals surface area contributed by atoms with Gasteiger partial charge in [0.2, 0.25) is 0 Å². The maximum absolute atomic E-state index is 14.0. The third-order valence-corrected chi connectivity index (χ3v) is 7.80. The average Bonchev–Trinajstić information content (AvgIpc) is 3.43. The van der Waals surface area contributed by atoms with E-state index in [-0.39, 0.29) is 26.3 Å². The molecule has 0 fully saturated rings. The molecule has 0 bridgehead atoms. The Bertz CT molecular complexity index is 2080. The lowest BCUT2D eigenvalue weighted by Crippen LogP contribution is -2.47. The molecular formula is C30H26N6O6. The Morgan fingerprint density at radius 1 is 0.690 bits per heavy atom. The Kier molecular flexibility index (Phi) is 6.05. The van der Waals surface area contributed by atoms with E-state index in [9.17, 15) is 24.3 Å². The average molecular weight is 567 g/mol. The second-order valence-corrected chi connectivity index (χ2v) is 10.1. The molecule has 0 amide bonds. The molecule has 0 aliphatic carbocycles. The summed E-state index contributed by atoms with van der Waals surface area (Å²) in [5.74, 6) is 0.425. The lowest BCUT2D eigenvalue weighted by molar-refractivity contribution is 0.196. The van der Waals surface area contributed by atoms with Crippen LogP contribution in [0.15, 0.2) is 116 Å². The maximum Gasteiger partial charge on any atom is 0.352 e. The second kappa shape index (κ2) is 9.93. The molecule has 2 atom stereocenters. The highest BCUT2D eigenvalue weighted by molar-refractivity contribution is 5.43. The summed E-state index contributed by atoms with van der Waals surface area (Å²) in [7, 11) is 0. The molecule has 7 rings (SSSR count). The van der Waals surface area contributed by atoms with Gasteiger partial charge in [0.25, 0.3) is 0 Å². The number of nitrogens with zero attached hydrogens (tertiary/aromatic N) is 6. The Hall–Kier alpha value is -5.36. The van der Waals surface area contributed by atoms with E-state index in [1.165, 1.54) is 18.7 Å². The van der Waals surface area contributed by atoms with Gasteiger partial charge in [-0.05, 0) is 35.9 Å². The van der Waals surface area contributed by atoms with Crippen molar-refractivity contribution in [2.45, 2.75) is 25.2 Å². The molecule has 12 heteroatoms. The van der Waals surface area contributed by atoms with Crippen molar-refractivity contribution in [3.63, 3.8) is 0 Å². The van der Waals surface area contributed by atoms with Gasteiger partial charge in [-0.2, -0.15) is 0 Å². The van der Waals surface area contributed by atoms with Gasteiger partial charge in [-0.1, -0.05) is 60.7 Å². The number of para-hydroxylation sites is 3. The zero-order chi connectivity index (χ0) is 29.0. The predicted molar refractivity (Wildman–Crippen MR) is 153 cm³/mol. The molecule has 5 aromatic rings. The van der Waals surface area contributed by atoms with Crippen LogP contribution in [0.4, 0.5) is 0 Å². The fourth-order valence-electron chi connectivity index (χ4n) is 6.03. The molecule has 3 aromatic carbocycles. The number of hydrogen-bond donors (Lipinski definition) is 1. The van der Waals surface area contributed by atoms with Gasteiger partial charge in [0, 0.05) is 5.56 Å². The van der Waals surface area contributed by atoms with E-state index in [1.807, 2.05) is 6.08 Å². The van der Waals surface area contributed by atoms with Crippen LogP contribution >= 0.6 is 0 Å². The Balaban J connectivity index is 1.49. The first-order valence-electron chi connectivity index (χ1n) is 13.5. The van der Waals surface area contributed by atoms with Crippen LogP contribution in [0.2, 0.25) is 0 Å². The summed E-state index contributed by atoms with van der Waals surface area (Å²) in [4.78, 5) is 55.3. The van der Waals surface area contributed by atoms with Gasteiger partial charge in [-0.15, -0.1) is 0 Å². The van der Waals surface area contributed by atoms with Gasteiger partial charge >= 0.3 is 22.8 Å². The number of fused-ring (bicyclic) bond motifs is 4. The number of aliphatic hydroxyl groups excluding tert-OH is 1. The van der Waals surface area contributed by atoms with Crippen molar-refractivity contribution in [2.75, 3.05) is 13.2 Å². The molecule has 0 saturated carbocycles. The van der Waals surface area contributed by atoms with E-state index in [2.05, 4.69) is 0 Å². The minimum atomic E-state index is -0.834. The zero-order valence-corrected chi connectivity index (χ0v) is 22.3. The molecule has 2 aliphatic heterocycles. The van der Waals surface area contributed by atoms with Crippen molar-refractivity contribution in [3.8, 4) is 17.1 Å². The van der Waals surface area contributed by atoms with E-state index < -0.39 is 34.8 Å². The zero-order valence-electron chi connectivity index (χ0n) is 22.3. The third-order valence-electron chi connectivity index (χ3n) is 7.80. The van der Waals surface area contributed by atoms with Crippen LogP contribution < -0.4 is 27.5 Å². The molecule has 12 nitrogen and oxygen atoms in total. The number of ether oxygens (including phenoxy) is 1.